The minimum Gasteiger partial charge on any atom is -0.307 e. The van der Waals surface area contributed by atoms with E-state index in [2.05, 4.69) is 19.2 Å². The highest BCUT2D eigenvalue weighted by Crippen LogP contribution is 2.31. The maximum absolute atomic E-state index is 6.06. The first kappa shape index (κ1) is 11.3. The van der Waals surface area contributed by atoms with Gasteiger partial charge in [-0.2, -0.15) is 0 Å². The molecule has 0 heterocycles. The number of halogens is 1. The largest absolute Gasteiger partial charge is 0.307 e. The monoisotopic (exact) mass is 203 g/mol. The van der Waals surface area contributed by atoms with Crippen LogP contribution in [0.2, 0.25) is 0 Å². The van der Waals surface area contributed by atoms with E-state index in [9.17, 15) is 0 Å². The summed E-state index contributed by atoms with van der Waals surface area (Å²) in [5, 5.41) is 3.75. The van der Waals surface area contributed by atoms with Gasteiger partial charge in [0.1, 0.15) is 0 Å². The van der Waals surface area contributed by atoms with Crippen molar-refractivity contribution < 1.29 is 0 Å². The average molecular weight is 204 g/mol. The first-order valence-electron chi connectivity index (χ1n) is 5.60. The van der Waals surface area contributed by atoms with Gasteiger partial charge in [-0.3, -0.25) is 0 Å². The molecule has 78 valence electrons. The SMILES string of the molecule is CCC(CC)NC1(CCl)CCCC1. The van der Waals surface area contributed by atoms with Gasteiger partial charge in [-0.05, 0) is 25.7 Å². The topological polar surface area (TPSA) is 12.0 Å². The second-order valence-corrected chi connectivity index (χ2v) is 4.55. The summed E-state index contributed by atoms with van der Waals surface area (Å²) in [6, 6.07) is 0.664. The molecule has 1 saturated carbocycles. The lowest BCUT2D eigenvalue weighted by Gasteiger charge is -2.32. The predicted octanol–water partition coefficient (Wildman–Crippen LogP) is 3.32. The summed E-state index contributed by atoms with van der Waals surface area (Å²) in [4.78, 5) is 0. The molecule has 0 bridgehead atoms. The summed E-state index contributed by atoms with van der Waals surface area (Å²) in [5.74, 6) is 0.781. The summed E-state index contributed by atoms with van der Waals surface area (Å²) >= 11 is 6.06. The van der Waals surface area contributed by atoms with Crippen LogP contribution in [0.15, 0.2) is 0 Å². The van der Waals surface area contributed by atoms with E-state index in [0.717, 1.165) is 5.88 Å². The van der Waals surface area contributed by atoms with Crippen molar-refractivity contribution in [3.05, 3.63) is 0 Å². The van der Waals surface area contributed by atoms with E-state index in [4.69, 9.17) is 11.6 Å². The van der Waals surface area contributed by atoms with E-state index < -0.39 is 0 Å². The Morgan fingerprint density at radius 3 is 2.15 bits per heavy atom. The first-order valence-corrected chi connectivity index (χ1v) is 6.13. The van der Waals surface area contributed by atoms with Gasteiger partial charge in [-0.15, -0.1) is 11.6 Å². The molecular formula is C11H22ClN. The van der Waals surface area contributed by atoms with Crippen molar-refractivity contribution in [1.82, 2.24) is 5.32 Å². The number of hydrogen-bond acceptors (Lipinski definition) is 1. The fourth-order valence-corrected chi connectivity index (χ4v) is 2.64. The summed E-state index contributed by atoms with van der Waals surface area (Å²) in [6.07, 6.45) is 7.67. The lowest BCUT2D eigenvalue weighted by molar-refractivity contribution is 0.307. The van der Waals surface area contributed by atoms with Crippen molar-refractivity contribution in [2.45, 2.75) is 64.0 Å². The molecule has 1 fully saturated rings. The predicted molar refractivity (Wildman–Crippen MR) is 59.4 cm³/mol. The van der Waals surface area contributed by atoms with Crippen molar-refractivity contribution in [3.8, 4) is 0 Å². The van der Waals surface area contributed by atoms with Gasteiger partial charge in [0, 0.05) is 17.5 Å². The molecule has 1 rings (SSSR count). The van der Waals surface area contributed by atoms with Gasteiger partial charge in [0.25, 0.3) is 0 Å². The third kappa shape index (κ3) is 2.85. The van der Waals surface area contributed by atoms with Crippen molar-refractivity contribution in [2.75, 3.05) is 5.88 Å². The van der Waals surface area contributed by atoms with Crippen LogP contribution in [0.3, 0.4) is 0 Å². The summed E-state index contributed by atoms with van der Waals surface area (Å²) in [6.45, 7) is 4.50. The van der Waals surface area contributed by atoms with Gasteiger partial charge in [0.2, 0.25) is 0 Å². The fraction of sp³-hybridized carbons (Fsp3) is 1.00. The van der Waals surface area contributed by atoms with Gasteiger partial charge in [-0.25, -0.2) is 0 Å². The van der Waals surface area contributed by atoms with Crippen LogP contribution in [0.25, 0.3) is 0 Å². The fourth-order valence-electron chi connectivity index (χ4n) is 2.29. The van der Waals surface area contributed by atoms with E-state index >= 15 is 0 Å². The molecule has 1 aliphatic carbocycles. The quantitative estimate of drug-likeness (QED) is 0.677. The molecule has 2 heteroatoms. The highest BCUT2D eigenvalue weighted by molar-refractivity contribution is 6.18. The lowest BCUT2D eigenvalue weighted by Crippen LogP contribution is -2.49. The Morgan fingerprint density at radius 1 is 1.23 bits per heavy atom. The van der Waals surface area contributed by atoms with Crippen LogP contribution in [0.4, 0.5) is 0 Å². The molecule has 0 amide bonds. The highest BCUT2D eigenvalue weighted by Gasteiger charge is 2.33. The minimum atomic E-state index is 0.276. The number of nitrogens with one attached hydrogen (secondary N) is 1. The van der Waals surface area contributed by atoms with Crippen LogP contribution in [-0.2, 0) is 0 Å². The standard InChI is InChI=1S/C11H22ClN/c1-3-10(4-2)13-11(9-12)7-5-6-8-11/h10,13H,3-9H2,1-2H3. The van der Waals surface area contributed by atoms with E-state index in [1.165, 1.54) is 38.5 Å². The van der Waals surface area contributed by atoms with Crippen LogP contribution in [0, 0.1) is 0 Å². The molecule has 1 N–H and O–H groups in total. The highest BCUT2D eigenvalue weighted by atomic mass is 35.5. The van der Waals surface area contributed by atoms with Crippen LogP contribution in [0.1, 0.15) is 52.4 Å². The molecule has 0 saturated heterocycles. The van der Waals surface area contributed by atoms with Crippen molar-refractivity contribution >= 4 is 11.6 Å². The molecular weight excluding hydrogens is 182 g/mol. The molecule has 0 aromatic heterocycles. The zero-order chi connectivity index (χ0) is 9.73. The molecule has 0 aliphatic heterocycles. The van der Waals surface area contributed by atoms with Crippen LogP contribution in [-0.4, -0.2) is 17.5 Å². The zero-order valence-corrected chi connectivity index (χ0v) is 9.66. The molecule has 0 spiro atoms. The lowest BCUT2D eigenvalue weighted by atomic mass is 9.97. The van der Waals surface area contributed by atoms with E-state index in [0.29, 0.717) is 6.04 Å². The molecule has 1 aliphatic rings. The van der Waals surface area contributed by atoms with E-state index in [-0.39, 0.29) is 5.54 Å². The Bertz CT molecular complexity index is 137. The van der Waals surface area contributed by atoms with E-state index in [1.807, 2.05) is 0 Å². The number of rotatable bonds is 5. The third-order valence-electron chi connectivity index (χ3n) is 3.31. The molecule has 0 atom stereocenters. The van der Waals surface area contributed by atoms with Crippen LogP contribution < -0.4 is 5.32 Å². The van der Waals surface area contributed by atoms with Crippen LogP contribution >= 0.6 is 11.6 Å². The maximum Gasteiger partial charge on any atom is 0.0406 e. The Hall–Kier alpha value is 0.250. The molecule has 13 heavy (non-hydrogen) atoms. The second-order valence-electron chi connectivity index (χ2n) is 4.28. The molecule has 0 radical (unpaired) electrons. The van der Waals surface area contributed by atoms with Gasteiger partial charge in [-0.1, -0.05) is 26.7 Å². The normalized spacial score (nSPS) is 21.2. The molecule has 0 aromatic rings. The summed E-state index contributed by atoms with van der Waals surface area (Å²) < 4.78 is 0. The smallest absolute Gasteiger partial charge is 0.0406 e. The second kappa shape index (κ2) is 5.21. The minimum absolute atomic E-state index is 0.276. The summed E-state index contributed by atoms with van der Waals surface area (Å²) in [5.41, 5.74) is 0.276. The van der Waals surface area contributed by atoms with Crippen LogP contribution in [0.5, 0.6) is 0 Å². The Balaban J connectivity index is 2.46. The van der Waals surface area contributed by atoms with Gasteiger partial charge < -0.3 is 5.32 Å². The third-order valence-corrected chi connectivity index (χ3v) is 3.82. The molecule has 0 aromatic carbocycles. The first-order chi connectivity index (χ1) is 6.26. The Labute approximate surface area is 87.2 Å². The van der Waals surface area contributed by atoms with Crippen molar-refractivity contribution in [1.29, 1.82) is 0 Å². The number of alkyl halides is 1. The Morgan fingerprint density at radius 2 is 1.77 bits per heavy atom. The number of hydrogen-bond donors (Lipinski definition) is 1. The molecule has 1 nitrogen and oxygen atoms in total. The average Bonchev–Trinajstić information content (AvgIpc) is 2.63. The molecule has 0 unspecified atom stereocenters. The van der Waals surface area contributed by atoms with Crippen molar-refractivity contribution in [2.24, 2.45) is 0 Å². The van der Waals surface area contributed by atoms with E-state index in [1.54, 1.807) is 0 Å². The van der Waals surface area contributed by atoms with Gasteiger partial charge >= 0.3 is 0 Å². The van der Waals surface area contributed by atoms with Crippen molar-refractivity contribution in [3.63, 3.8) is 0 Å². The zero-order valence-electron chi connectivity index (χ0n) is 8.91. The van der Waals surface area contributed by atoms with Gasteiger partial charge in [0.15, 0.2) is 0 Å². The Kier molecular flexibility index (Phi) is 4.54. The summed E-state index contributed by atoms with van der Waals surface area (Å²) in [7, 11) is 0. The maximum atomic E-state index is 6.06. The van der Waals surface area contributed by atoms with Gasteiger partial charge in [0.05, 0.1) is 0 Å².